The third-order valence-electron chi connectivity index (χ3n) is 3.98. The second-order valence-corrected chi connectivity index (χ2v) is 8.36. The fraction of sp³-hybridized carbons (Fsp3) is 0.471. The summed E-state index contributed by atoms with van der Waals surface area (Å²) in [5.74, 6) is -1.55. The molecule has 1 atom stereocenters. The molecular formula is C17H22N2O5S. The maximum atomic E-state index is 12.2. The Morgan fingerprint density at radius 3 is 2.44 bits per heavy atom. The molecule has 0 aliphatic carbocycles. The van der Waals surface area contributed by atoms with Crippen LogP contribution in [0.1, 0.15) is 36.7 Å². The first-order valence-corrected chi connectivity index (χ1v) is 9.50. The normalized spacial score (nSPS) is 13.6. The van der Waals surface area contributed by atoms with E-state index in [0.29, 0.717) is 5.56 Å². The Bertz CT molecular complexity index is 824. The van der Waals surface area contributed by atoms with Gasteiger partial charge in [-0.25, -0.2) is 13.2 Å². The van der Waals surface area contributed by atoms with Crippen molar-refractivity contribution in [2.24, 2.45) is 5.92 Å². The van der Waals surface area contributed by atoms with Crippen molar-refractivity contribution in [1.82, 2.24) is 5.32 Å². The van der Waals surface area contributed by atoms with Gasteiger partial charge in [0.15, 0.2) is 16.4 Å². The Morgan fingerprint density at radius 2 is 1.96 bits per heavy atom. The topological polar surface area (TPSA) is 113 Å². The van der Waals surface area contributed by atoms with Crippen LogP contribution in [0.4, 0.5) is 0 Å². The van der Waals surface area contributed by atoms with E-state index in [1.54, 1.807) is 27.7 Å². The summed E-state index contributed by atoms with van der Waals surface area (Å²) in [5, 5.41) is 11.7. The molecule has 0 saturated heterocycles. The van der Waals surface area contributed by atoms with E-state index in [1.165, 1.54) is 18.2 Å². The van der Waals surface area contributed by atoms with Gasteiger partial charge >= 0.3 is 5.97 Å². The van der Waals surface area contributed by atoms with Gasteiger partial charge in [0.05, 0.1) is 16.5 Å². The van der Waals surface area contributed by atoms with Gasteiger partial charge in [0.25, 0.3) is 5.91 Å². The second kappa shape index (κ2) is 7.66. The summed E-state index contributed by atoms with van der Waals surface area (Å²) in [7, 11) is -3.47. The summed E-state index contributed by atoms with van der Waals surface area (Å²) >= 11 is 0. The molecule has 0 unspecified atom stereocenters. The number of hydrogen-bond donors (Lipinski definition) is 1. The number of benzene rings is 1. The van der Waals surface area contributed by atoms with Crippen LogP contribution in [0.2, 0.25) is 0 Å². The molecule has 25 heavy (non-hydrogen) atoms. The molecule has 1 aromatic rings. The predicted molar refractivity (Wildman–Crippen MR) is 91.6 cm³/mol. The molecular weight excluding hydrogens is 344 g/mol. The number of rotatable bonds is 6. The van der Waals surface area contributed by atoms with Crippen molar-refractivity contribution in [3.05, 3.63) is 29.3 Å². The third-order valence-corrected chi connectivity index (χ3v) is 5.09. The third kappa shape index (κ3) is 5.29. The molecule has 0 aromatic heterocycles. The first-order valence-electron chi connectivity index (χ1n) is 7.61. The van der Waals surface area contributed by atoms with Gasteiger partial charge in [-0.05, 0) is 37.5 Å². The number of amides is 1. The van der Waals surface area contributed by atoms with Crippen molar-refractivity contribution >= 4 is 21.7 Å². The Morgan fingerprint density at radius 1 is 1.36 bits per heavy atom. The standard InChI is InChI=1S/C17H22N2O5S/c1-11(2)17(4,10-18)19-15(20)9-24-16(21)14-8-13(25(5,22)23)7-6-12(14)3/h6-8,11H,9H2,1-5H3,(H,19,20)/t17-/m0/s1. The monoisotopic (exact) mass is 366 g/mol. The molecule has 1 rings (SSSR count). The molecule has 136 valence electrons. The number of hydrogen-bond acceptors (Lipinski definition) is 6. The molecule has 0 bridgehead atoms. The van der Waals surface area contributed by atoms with Gasteiger partial charge in [-0.1, -0.05) is 19.9 Å². The molecule has 0 saturated carbocycles. The van der Waals surface area contributed by atoms with Crippen molar-refractivity contribution in [3.63, 3.8) is 0 Å². The van der Waals surface area contributed by atoms with Crippen molar-refractivity contribution in [3.8, 4) is 6.07 Å². The second-order valence-electron chi connectivity index (χ2n) is 6.34. The summed E-state index contributed by atoms with van der Waals surface area (Å²) in [6.07, 6.45) is 1.04. The number of nitrogens with one attached hydrogen (secondary N) is 1. The van der Waals surface area contributed by atoms with Crippen LogP contribution in [0.5, 0.6) is 0 Å². The maximum absolute atomic E-state index is 12.2. The number of ether oxygens (including phenoxy) is 1. The van der Waals surface area contributed by atoms with Gasteiger partial charge in [-0.3, -0.25) is 4.79 Å². The predicted octanol–water partition coefficient (Wildman–Crippen LogP) is 1.61. The molecule has 0 radical (unpaired) electrons. The van der Waals surface area contributed by atoms with Gasteiger partial charge in [0.2, 0.25) is 0 Å². The van der Waals surface area contributed by atoms with Gasteiger partial charge in [-0.15, -0.1) is 0 Å². The molecule has 0 aliphatic rings. The van der Waals surface area contributed by atoms with Crippen molar-refractivity contribution in [2.45, 2.75) is 38.1 Å². The van der Waals surface area contributed by atoms with Crippen LogP contribution in [0, 0.1) is 24.2 Å². The van der Waals surface area contributed by atoms with E-state index in [0.717, 1.165) is 6.26 Å². The van der Waals surface area contributed by atoms with E-state index >= 15 is 0 Å². The van der Waals surface area contributed by atoms with E-state index in [2.05, 4.69) is 5.32 Å². The molecule has 1 amide bonds. The van der Waals surface area contributed by atoms with Gasteiger partial charge in [0.1, 0.15) is 5.54 Å². The highest BCUT2D eigenvalue weighted by molar-refractivity contribution is 7.90. The first-order chi connectivity index (χ1) is 11.4. The summed E-state index contributed by atoms with van der Waals surface area (Å²) < 4.78 is 28.1. The van der Waals surface area contributed by atoms with E-state index in [-0.39, 0.29) is 16.4 Å². The molecule has 7 nitrogen and oxygen atoms in total. The summed E-state index contributed by atoms with van der Waals surface area (Å²) in [5.41, 5.74) is -0.472. The van der Waals surface area contributed by atoms with Crippen molar-refractivity contribution in [2.75, 3.05) is 12.9 Å². The largest absolute Gasteiger partial charge is 0.452 e. The number of nitriles is 1. The molecule has 0 spiro atoms. The van der Waals surface area contributed by atoms with E-state index in [1.807, 2.05) is 6.07 Å². The zero-order chi connectivity index (χ0) is 19.4. The molecule has 0 aliphatic heterocycles. The fourth-order valence-corrected chi connectivity index (χ4v) is 2.53. The minimum atomic E-state index is -3.47. The fourth-order valence-electron chi connectivity index (χ4n) is 1.89. The van der Waals surface area contributed by atoms with Gasteiger partial charge in [-0.2, -0.15) is 5.26 Å². The number of sulfone groups is 1. The maximum Gasteiger partial charge on any atom is 0.338 e. The summed E-state index contributed by atoms with van der Waals surface area (Å²) in [4.78, 5) is 24.1. The van der Waals surface area contributed by atoms with Gasteiger partial charge in [0, 0.05) is 6.26 Å². The Hall–Kier alpha value is -2.40. The van der Waals surface area contributed by atoms with E-state index < -0.39 is 33.9 Å². The quantitative estimate of drug-likeness (QED) is 0.765. The zero-order valence-electron chi connectivity index (χ0n) is 14.9. The Balaban J connectivity index is 2.85. The SMILES string of the molecule is Cc1ccc(S(C)(=O)=O)cc1C(=O)OCC(=O)N[C@@](C)(C#N)C(C)C. The number of aryl methyl sites for hydroxylation is 1. The zero-order valence-corrected chi connectivity index (χ0v) is 15.7. The highest BCUT2D eigenvalue weighted by atomic mass is 32.2. The molecule has 8 heteroatoms. The van der Waals surface area contributed by atoms with Gasteiger partial charge < -0.3 is 10.1 Å². The summed E-state index contributed by atoms with van der Waals surface area (Å²) in [6, 6.07) is 6.14. The molecule has 1 N–H and O–H groups in total. The van der Waals surface area contributed by atoms with Crippen LogP contribution in [-0.4, -0.2) is 38.7 Å². The van der Waals surface area contributed by atoms with Crippen LogP contribution in [0.15, 0.2) is 23.1 Å². The average molecular weight is 366 g/mol. The van der Waals surface area contributed by atoms with Crippen LogP contribution in [0.3, 0.4) is 0 Å². The Labute approximate surface area is 147 Å². The molecule has 0 heterocycles. The summed E-state index contributed by atoms with van der Waals surface area (Å²) in [6.45, 7) is 6.22. The number of nitrogens with zero attached hydrogens (tertiary/aromatic N) is 1. The smallest absolute Gasteiger partial charge is 0.338 e. The molecule has 1 aromatic carbocycles. The number of esters is 1. The minimum Gasteiger partial charge on any atom is -0.452 e. The lowest BCUT2D eigenvalue weighted by Crippen LogP contribution is -2.50. The van der Waals surface area contributed by atoms with Crippen LogP contribution < -0.4 is 5.32 Å². The van der Waals surface area contributed by atoms with Crippen molar-refractivity contribution in [1.29, 1.82) is 5.26 Å². The first kappa shape index (κ1) is 20.6. The lowest BCUT2D eigenvalue weighted by Gasteiger charge is -2.27. The highest BCUT2D eigenvalue weighted by Gasteiger charge is 2.30. The minimum absolute atomic E-state index is 0.00800. The number of carbonyl (C=O) groups excluding carboxylic acids is 2. The highest BCUT2D eigenvalue weighted by Crippen LogP contribution is 2.17. The Kier molecular flexibility index (Phi) is 6.32. The van der Waals surface area contributed by atoms with Crippen LogP contribution in [-0.2, 0) is 19.4 Å². The number of carbonyl (C=O) groups is 2. The van der Waals surface area contributed by atoms with Crippen LogP contribution >= 0.6 is 0 Å². The van der Waals surface area contributed by atoms with E-state index in [4.69, 9.17) is 4.74 Å². The lowest BCUT2D eigenvalue weighted by atomic mass is 9.90. The van der Waals surface area contributed by atoms with E-state index in [9.17, 15) is 23.3 Å². The lowest BCUT2D eigenvalue weighted by molar-refractivity contribution is -0.125. The van der Waals surface area contributed by atoms with Crippen molar-refractivity contribution < 1.29 is 22.7 Å². The molecule has 0 fully saturated rings. The average Bonchev–Trinajstić information content (AvgIpc) is 2.51. The van der Waals surface area contributed by atoms with Crippen LogP contribution in [0.25, 0.3) is 0 Å².